The zero-order valence-electron chi connectivity index (χ0n) is 8.89. The first-order valence-electron chi connectivity index (χ1n) is 5.38. The predicted octanol–water partition coefficient (Wildman–Crippen LogP) is 2.76. The summed E-state index contributed by atoms with van der Waals surface area (Å²) in [5, 5.41) is 13.2. The van der Waals surface area contributed by atoms with Crippen molar-refractivity contribution < 1.29 is 5.11 Å². The van der Waals surface area contributed by atoms with E-state index in [1.165, 1.54) is 18.4 Å². The summed E-state index contributed by atoms with van der Waals surface area (Å²) in [7, 11) is 0. The molecule has 0 amide bonds. The minimum atomic E-state index is 0.350. The van der Waals surface area contributed by atoms with Gasteiger partial charge in [-0.3, -0.25) is 0 Å². The van der Waals surface area contributed by atoms with Crippen molar-refractivity contribution in [1.29, 1.82) is 0 Å². The lowest BCUT2D eigenvalue weighted by atomic mass is 10.0. The summed E-state index contributed by atoms with van der Waals surface area (Å²) in [5.74, 6) is 0.350. The van der Waals surface area contributed by atoms with Crippen LogP contribution in [0.4, 0.5) is 0 Å². The minimum absolute atomic E-state index is 0.350. The number of aromatic hydroxyl groups is 1. The highest BCUT2D eigenvalue weighted by molar-refractivity contribution is 9.10. The third-order valence-corrected chi connectivity index (χ3v) is 3.97. The largest absolute Gasteiger partial charge is 0.507 e. The number of nitrogens with one attached hydrogen (secondary N) is 1. The Morgan fingerprint density at radius 3 is 2.93 bits per heavy atom. The molecule has 0 bridgehead atoms. The van der Waals surface area contributed by atoms with Gasteiger partial charge in [0.25, 0.3) is 0 Å². The van der Waals surface area contributed by atoms with Gasteiger partial charge in [-0.15, -0.1) is 0 Å². The molecule has 1 aromatic carbocycles. The summed E-state index contributed by atoms with van der Waals surface area (Å²) in [4.78, 5) is 0. The average molecular weight is 270 g/mol. The van der Waals surface area contributed by atoms with Crippen LogP contribution < -0.4 is 5.32 Å². The van der Waals surface area contributed by atoms with E-state index in [0.717, 1.165) is 23.0 Å². The summed E-state index contributed by atoms with van der Waals surface area (Å²) in [6, 6.07) is 4.59. The van der Waals surface area contributed by atoms with E-state index in [1.54, 1.807) is 0 Å². The lowest BCUT2D eigenvalue weighted by Gasteiger charge is -2.12. The first-order chi connectivity index (χ1) is 7.16. The smallest absolute Gasteiger partial charge is 0.130 e. The van der Waals surface area contributed by atoms with E-state index in [9.17, 15) is 5.11 Å². The Morgan fingerprint density at radius 1 is 1.53 bits per heavy atom. The molecule has 82 valence electrons. The molecule has 1 aliphatic rings. The number of benzene rings is 1. The SMILES string of the molecule is Cc1cc(CC2CCCN2)cc(O)c1Br. The molecule has 1 fully saturated rings. The fourth-order valence-corrected chi connectivity index (χ4v) is 2.39. The van der Waals surface area contributed by atoms with Crippen LogP contribution in [0.5, 0.6) is 5.75 Å². The Bertz CT molecular complexity index is 336. The van der Waals surface area contributed by atoms with Gasteiger partial charge >= 0.3 is 0 Å². The number of phenolic OH excluding ortho intramolecular Hbond substituents is 1. The van der Waals surface area contributed by atoms with Crippen molar-refractivity contribution in [2.75, 3.05) is 6.54 Å². The molecule has 2 N–H and O–H groups in total. The number of phenols is 1. The predicted molar refractivity (Wildman–Crippen MR) is 65.3 cm³/mol. The van der Waals surface area contributed by atoms with Crippen LogP contribution in [0.25, 0.3) is 0 Å². The van der Waals surface area contributed by atoms with Crippen LogP contribution in [0.1, 0.15) is 24.0 Å². The standard InChI is InChI=1S/C12H16BrNO/c1-8-5-9(7-11(15)12(8)13)6-10-3-2-4-14-10/h5,7,10,14-15H,2-4,6H2,1H3. The van der Waals surface area contributed by atoms with Crippen molar-refractivity contribution >= 4 is 15.9 Å². The molecule has 0 aliphatic carbocycles. The van der Waals surface area contributed by atoms with Gasteiger partial charge in [0.15, 0.2) is 0 Å². The van der Waals surface area contributed by atoms with Gasteiger partial charge in [-0.1, -0.05) is 6.07 Å². The fraction of sp³-hybridized carbons (Fsp3) is 0.500. The molecular weight excluding hydrogens is 254 g/mol. The third kappa shape index (κ3) is 2.52. The average Bonchev–Trinajstić information content (AvgIpc) is 2.66. The van der Waals surface area contributed by atoms with Crippen molar-refractivity contribution in [3.8, 4) is 5.75 Å². The molecule has 0 radical (unpaired) electrons. The topological polar surface area (TPSA) is 32.3 Å². The number of rotatable bonds is 2. The van der Waals surface area contributed by atoms with E-state index < -0.39 is 0 Å². The number of aryl methyl sites for hydroxylation is 1. The van der Waals surface area contributed by atoms with Gasteiger partial charge in [0, 0.05) is 6.04 Å². The van der Waals surface area contributed by atoms with Crippen molar-refractivity contribution in [3.05, 3.63) is 27.7 Å². The van der Waals surface area contributed by atoms with E-state index in [-0.39, 0.29) is 0 Å². The van der Waals surface area contributed by atoms with Crippen LogP contribution in [-0.2, 0) is 6.42 Å². The van der Waals surface area contributed by atoms with Gasteiger partial charge in [0.05, 0.1) is 4.47 Å². The molecule has 1 aromatic rings. The monoisotopic (exact) mass is 269 g/mol. The Labute approximate surface area is 98.8 Å². The van der Waals surface area contributed by atoms with Crippen LogP contribution >= 0.6 is 15.9 Å². The summed E-state index contributed by atoms with van der Waals surface area (Å²) < 4.78 is 0.811. The van der Waals surface area contributed by atoms with Crippen molar-refractivity contribution in [2.45, 2.75) is 32.2 Å². The Kier molecular flexibility index (Phi) is 3.32. The van der Waals surface area contributed by atoms with Gasteiger partial charge in [0.2, 0.25) is 0 Å². The summed E-state index contributed by atoms with van der Waals surface area (Å²) in [6.07, 6.45) is 3.53. The van der Waals surface area contributed by atoms with E-state index >= 15 is 0 Å². The van der Waals surface area contributed by atoms with Gasteiger partial charge in [0.1, 0.15) is 5.75 Å². The highest BCUT2D eigenvalue weighted by Gasteiger charge is 2.15. The van der Waals surface area contributed by atoms with Crippen LogP contribution in [0, 0.1) is 6.92 Å². The number of hydrogen-bond acceptors (Lipinski definition) is 2. The van der Waals surface area contributed by atoms with E-state index in [2.05, 4.69) is 27.3 Å². The molecule has 3 heteroatoms. The van der Waals surface area contributed by atoms with Crippen LogP contribution in [-0.4, -0.2) is 17.7 Å². The fourth-order valence-electron chi connectivity index (χ4n) is 2.16. The molecule has 2 nitrogen and oxygen atoms in total. The zero-order valence-corrected chi connectivity index (χ0v) is 10.5. The van der Waals surface area contributed by atoms with Gasteiger partial charge < -0.3 is 10.4 Å². The number of hydrogen-bond donors (Lipinski definition) is 2. The highest BCUT2D eigenvalue weighted by atomic mass is 79.9. The Morgan fingerprint density at radius 2 is 2.33 bits per heavy atom. The lowest BCUT2D eigenvalue weighted by Crippen LogP contribution is -2.23. The molecule has 1 saturated heterocycles. The van der Waals surface area contributed by atoms with E-state index in [0.29, 0.717) is 11.8 Å². The molecule has 0 aromatic heterocycles. The lowest BCUT2D eigenvalue weighted by molar-refractivity contribution is 0.469. The van der Waals surface area contributed by atoms with Crippen LogP contribution in [0.15, 0.2) is 16.6 Å². The van der Waals surface area contributed by atoms with Crippen LogP contribution in [0.3, 0.4) is 0 Å². The molecule has 2 rings (SSSR count). The molecule has 0 saturated carbocycles. The first-order valence-corrected chi connectivity index (χ1v) is 6.17. The molecule has 15 heavy (non-hydrogen) atoms. The molecule has 0 spiro atoms. The highest BCUT2D eigenvalue weighted by Crippen LogP contribution is 2.29. The minimum Gasteiger partial charge on any atom is -0.507 e. The zero-order chi connectivity index (χ0) is 10.8. The summed E-state index contributed by atoms with van der Waals surface area (Å²) in [6.45, 7) is 3.14. The maximum absolute atomic E-state index is 9.69. The van der Waals surface area contributed by atoms with E-state index in [4.69, 9.17) is 0 Å². The van der Waals surface area contributed by atoms with Crippen LogP contribution in [0.2, 0.25) is 0 Å². The van der Waals surface area contributed by atoms with Gasteiger partial charge in [-0.05, 0) is 65.9 Å². The second-order valence-electron chi connectivity index (χ2n) is 4.24. The molecule has 1 aliphatic heterocycles. The van der Waals surface area contributed by atoms with Gasteiger partial charge in [-0.2, -0.15) is 0 Å². The summed E-state index contributed by atoms with van der Waals surface area (Å²) >= 11 is 3.36. The quantitative estimate of drug-likeness (QED) is 0.866. The summed E-state index contributed by atoms with van der Waals surface area (Å²) in [5.41, 5.74) is 2.32. The maximum atomic E-state index is 9.69. The third-order valence-electron chi connectivity index (χ3n) is 2.94. The maximum Gasteiger partial charge on any atom is 0.130 e. The second kappa shape index (κ2) is 4.54. The van der Waals surface area contributed by atoms with Crippen molar-refractivity contribution in [2.24, 2.45) is 0 Å². The normalized spacial score (nSPS) is 20.8. The second-order valence-corrected chi connectivity index (χ2v) is 5.04. The number of halogens is 1. The Hall–Kier alpha value is -0.540. The van der Waals surface area contributed by atoms with Gasteiger partial charge in [-0.25, -0.2) is 0 Å². The van der Waals surface area contributed by atoms with Crippen molar-refractivity contribution in [1.82, 2.24) is 5.32 Å². The molecular formula is C12H16BrNO. The molecule has 1 atom stereocenters. The first kappa shape index (κ1) is 11.0. The van der Waals surface area contributed by atoms with E-state index in [1.807, 2.05) is 13.0 Å². The molecule has 1 unspecified atom stereocenters. The Balaban J connectivity index is 2.14. The molecule has 1 heterocycles. The van der Waals surface area contributed by atoms with Crippen molar-refractivity contribution in [3.63, 3.8) is 0 Å².